The maximum absolute atomic E-state index is 13.8. The summed E-state index contributed by atoms with van der Waals surface area (Å²) in [6.45, 7) is 0. The van der Waals surface area contributed by atoms with Crippen molar-refractivity contribution in [2.75, 3.05) is 0 Å². The van der Waals surface area contributed by atoms with Crippen molar-refractivity contribution in [3.63, 3.8) is 0 Å². The molecule has 0 bridgehead atoms. The lowest BCUT2D eigenvalue weighted by Gasteiger charge is -2.12. The summed E-state index contributed by atoms with van der Waals surface area (Å²) >= 11 is 3.28. The van der Waals surface area contributed by atoms with Crippen LogP contribution in [-0.2, 0) is 0 Å². The van der Waals surface area contributed by atoms with Gasteiger partial charge in [-0.05, 0) is 17.7 Å². The molecule has 0 heterocycles. The smallest absolute Gasteiger partial charge is 0.406 e. The van der Waals surface area contributed by atoms with Crippen LogP contribution in [0.3, 0.4) is 0 Å². The van der Waals surface area contributed by atoms with Crippen LogP contribution in [-0.4, -0.2) is 6.36 Å². The standard InChI is InChI=1S/C13H5F7OS/c14-8-7(9(15)11(17)12(22)10(8)16)5-2-1-3-6(4-5)21-13(18,19)20/h1-4,22H. The molecule has 2 rings (SSSR count). The van der Waals surface area contributed by atoms with Gasteiger partial charge >= 0.3 is 6.36 Å². The molecule has 9 heteroatoms. The van der Waals surface area contributed by atoms with Crippen LogP contribution < -0.4 is 4.74 Å². The molecule has 0 aliphatic rings. The van der Waals surface area contributed by atoms with E-state index in [1.807, 2.05) is 0 Å². The van der Waals surface area contributed by atoms with Gasteiger partial charge in [-0.25, -0.2) is 17.6 Å². The molecule has 2 aromatic carbocycles. The van der Waals surface area contributed by atoms with Crippen LogP contribution in [0.5, 0.6) is 5.75 Å². The van der Waals surface area contributed by atoms with Crippen molar-refractivity contribution in [1.82, 2.24) is 0 Å². The third-order valence-electron chi connectivity index (χ3n) is 2.60. The number of ether oxygens (including phenoxy) is 1. The van der Waals surface area contributed by atoms with Gasteiger partial charge in [0.05, 0.1) is 10.5 Å². The molecule has 0 saturated heterocycles. The third kappa shape index (κ3) is 3.13. The molecule has 0 aromatic heterocycles. The fraction of sp³-hybridized carbons (Fsp3) is 0.0769. The van der Waals surface area contributed by atoms with Crippen LogP contribution in [0.25, 0.3) is 11.1 Å². The van der Waals surface area contributed by atoms with Gasteiger partial charge in [-0.15, -0.1) is 25.8 Å². The van der Waals surface area contributed by atoms with E-state index in [1.165, 1.54) is 0 Å². The maximum atomic E-state index is 13.8. The van der Waals surface area contributed by atoms with Crippen molar-refractivity contribution in [2.24, 2.45) is 0 Å². The summed E-state index contributed by atoms with van der Waals surface area (Å²) < 4.78 is 94.3. The minimum atomic E-state index is -5.03. The molecule has 0 unspecified atom stereocenters. The number of halogens is 7. The predicted molar refractivity (Wildman–Crippen MR) is 65.6 cm³/mol. The summed E-state index contributed by atoms with van der Waals surface area (Å²) in [5, 5.41) is 0. The van der Waals surface area contributed by atoms with Crippen molar-refractivity contribution in [3.05, 3.63) is 47.5 Å². The summed E-state index contributed by atoms with van der Waals surface area (Å²) in [4.78, 5) is -1.17. The van der Waals surface area contributed by atoms with Gasteiger partial charge in [0, 0.05) is 0 Å². The van der Waals surface area contributed by atoms with Crippen molar-refractivity contribution >= 4 is 12.6 Å². The van der Waals surface area contributed by atoms with Gasteiger partial charge in [-0.2, -0.15) is 0 Å². The fourth-order valence-corrected chi connectivity index (χ4v) is 1.92. The zero-order valence-electron chi connectivity index (χ0n) is 10.3. The summed E-state index contributed by atoms with van der Waals surface area (Å²) in [6.07, 6.45) is -5.03. The van der Waals surface area contributed by atoms with Gasteiger partial charge in [0.25, 0.3) is 0 Å². The molecule has 0 atom stereocenters. The highest BCUT2D eigenvalue weighted by Crippen LogP contribution is 2.35. The average molecular weight is 342 g/mol. The second-order valence-corrected chi connectivity index (χ2v) is 4.50. The maximum Gasteiger partial charge on any atom is 0.573 e. The molecule has 0 radical (unpaired) electrons. The Balaban J connectivity index is 2.61. The van der Waals surface area contributed by atoms with Gasteiger partial charge in [-0.1, -0.05) is 12.1 Å². The van der Waals surface area contributed by atoms with Gasteiger partial charge in [0.15, 0.2) is 23.3 Å². The summed E-state index contributed by atoms with van der Waals surface area (Å²) in [6, 6.07) is 3.43. The first kappa shape index (κ1) is 16.5. The normalized spacial score (nSPS) is 11.6. The Labute approximate surface area is 124 Å². The number of benzene rings is 2. The van der Waals surface area contributed by atoms with Crippen LogP contribution in [0.2, 0.25) is 0 Å². The van der Waals surface area contributed by atoms with E-state index in [2.05, 4.69) is 17.4 Å². The molecule has 118 valence electrons. The molecule has 0 saturated carbocycles. The van der Waals surface area contributed by atoms with E-state index < -0.39 is 51.4 Å². The molecular formula is C13H5F7OS. The molecule has 1 nitrogen and oxygen atoms in total. The molecule has 0 N–H and O–H groups in total. The Bertz CT molecular complexity index is 698. The number of rotatable bonds is 2. The molecular weight excluding hydrogens is 337 g/mol. The highest BCUT2D eigenvalue weighted by molar-refractivity contribution is 7.80. The second-order valence-electron chi connectivity index (χ2n) is 4.06. The highest BCUT2D eigenvalue weighted by Gasteiger charge is 2.31. The monoisotopic (exact) mass is 342 g/mol. The zero-order chi connectivity index (χ0) is 16.7. The number of alkyl halides is 3. The molecule has 0 fully saturated rings. The van der Waals surface area contributed by atoms with Gasteiger partial charge in [-0.3, -0.25) is 0 Å². The summed E-state index contributed by atoms with van der Waals surface area (Å²) in [5.41, 5.74) is -1.68. The molecule has 0 amide bonds. The topological polar surface area (TPSA) is 9.23 Å². The fourth-order valence-electron chi connectivity index (χ4n) is 1.72. The van der Waals surface area contributed by atoms with E-state index in [1.54, 1.807) is 0 Å². The average Bonchev–Trinajstić information content (AvgIpc) is 2.42. The molecule has 0 aliphatic heterocycles. The van der Waals surface area contributed by atoms with E-state index in [0.29, 0.717) is 6.07 Å². The van der Waals surface area contributed by atoms with Crippen molar-refractivity contribution in [3.8, 4) is 16.9 Å². The van der Waals surface area contributed by atoms with Crippen LogP contribution in [0.4, 0.5) is 30.7 Å². The molecule has 0 spiro atoms. The SMILES string of the molecule is Fc1c(F)c(-c2cccc(OC(F)(F)F)c2)c(F)c(F)c1S. The first-order chi connectivity index (χ1) is 10.1. The van der Waals surface area contributed by atoms with E-state index in [9.17, 15) is 30.7 Å². The van der Waals surface area contributed by atoms with Crippen molar-refractivity contribution < 1.29 is 35.5 Å². The van der Waals surface area contributed by atoms with Crippen LogP contribution >= 0.6 is 12.6 Å². The molecule has 0 aliphatic carbocycles. The first-order valence-electron chi connectivity index (χ1n) is 5.53. The van der Waals surface area contributed by atoms with Crippen molar-refractivity contribution in [2.45, 2.75) is 11.3 Å². The van der Waals surface area contributed by atoms with E-state index in [-0.39, 0.29) is 0 Å². The van der Waals surface area contributed by atoms with Crippen molar-refractivity contribution in [1.29, 1.82) is 0 Å². The lowest BCUT2D eigenvalue weighted by molar-refractivity contribution is -0.274. The largest absolute Gasteiger partial charge is 0.573 e. The second kappa shape index (κ2) is 5.71. The molecule has 22 heavy (non-hydrogen) atoms. The Kier molecular flexibility index (Phi) is 4.28. The van der Waals surface area contributed by atoms with Gasteiger partial charge in [0.2, 0.25) is 0 Å². The Morgan fingerprint density at radius 1 is 0.864 bits per heavy atom. The third-order valence-corrected chi connectivity index (χ3v) is 2.99. The van der Waals surface area contributed by atoms with E-state index >= 15 is 0 Å². The Morgan fingerprint density at radius 3 is 1.91 bits per heavy atom. The van der Waals surface area contributed by atoms with Gasteiger partial charge in [0.1, 0.15) is 5.75 Å². The van der Waals surface area contributed by atoms with Crippen LogP contribution in [0.15, 0.2) is 29.2 Å². The Morgan fingerprint density at radius 2 is 1.41 bits per heavy atom. The minimum Gasteiger partial charge on any atom is -0.406 e. The number of thiol groups is 1. The van der Waals surface area contributed by atoms with E-state index in [4.69, 9.17) is 0 Å². The van der Waals surface area contributed by atoms with Gasteiger partial charge < -0.3 is 4.74 Å². The zero-order valence-corrected chi connectivity index (χ0v) is 11.2. The Hall–Kier alpha value is -1.90. The quantitative estimate of drug-likeness (QED) is 0.454. The van der Waals surface area contributed by atoms with Crippen LogP contribution in [0, 0.1) is 23.3 Å². The summed E-state index contributed by atoms with van der Waals surface area (Å²) in [7, 11) is 0. The number of hydrogen-bond acceptors (Lipinski definition) is 2. The number of hydrogen-bond donors (Lipinski definition) is 1. The van der Waals surface area contributed by atoms with Crippen LogP contribution in [0.1, 0.15) is 0 Å². The van der Waals surface area contributed by atoms with E-state index in [0.717, 1.165) is 18.2 Å². The highest BCUT2D eigenvalue weighted by atomic mass is 32.1. The first-order valence-corrected chi connectivity index (χ1v) is 5.97. The molecule has 2 aromatic rings. The predicted octanol–water partition coefficient (Wildman–Crippen LogP) is 5.10. The summed E-state index contributed by atoms with van der Waals surface area (Å²) in [5.74, 6) is -7.83. The lowest BCUT2D eigenvalue weighted by Crippen LogP contribution is -2.17. The minimum absolute atomic E-state index is 0.525. The lowest BCUT2D eigenvalue weighted by atomic mass is 10.0.